The second-order valence-corrected chi connectivity index (χ2v) is 5.08. The van der Waals surface area contributed by atoms with E-state index in [1.165, 1.54) is 6.92 Å². The zero-order valence-corrected chi connectivity index (χ0v) is 12.7. The molecule has 0 saturated carbocycles. The molecule has 0 aliphatic heterocycles. The largest absolute Gasteiger partial charge is 0.352 e. The van der Waals surface area contributed by atoms with Gasteiger partial charge in [0.1, 0.15) is 0 Å². The molecule has 22 heavy (non-hydrogen) atoms. The van der Waals surface area contributed by atoms with Gasteiger partial charge in [-0.1, -0.05) is 12.1 Å². The van der Waals surface area contributed by atoms with Crippen LogP contribution >= 0.6 is 0 Å². The van der Waals surface area contributed by atoms with Gasteiger partial charge in [-0.2, -0.15) is 0 Å². The number of nitrogens with zero attached hydrogens (tertiary/aromatic N) is 1. The van der Waals surface area contributed by atoms with Crippen molar-refractivity contribution in [2.45, 2.75) is 26.4 Å². The Labute approximate surface area is 129 Å². The molecule has 1 heterocycles. The third-order valence-corrected chi connectivity index (χ3v) is 3.31. The van der Waals surface area contributed by atoms with E-state index in [0.29, 0.717) is 12.1 Å². The molecule has 2 amide bonds. The molecule has 114 valence electrons. The van der Waals surface area contributed by atoms with Crippen molar-refractivity contribution < 1.29 is 9.59 Å². The van der Waals surface area contributed by atoms with Crippen LogP contribution in [0.4, 0.5) is 0 Å². The molecule has 0 fully saturated rings. The fourth-order valence-corrected chi connectivity index (χ4v) is 2.02. The first-order valence-corrected chi connectivity index (χ1v) is 7.10. The van der Waals surface area contributed by atoms with Crippen molar-refractivity contribution >= 4 is 11.8 Å². The van der Waals surface area contributed by atoms with Crippen molar-refractivity contribution in [2.75, 3.05) is 0 Å². The van der Waals surface area contributed by atoms with E-state index in [1.54, 1.807) is 24.5 Å². The van der Waals surface area contributed by atoms with Crippen LogP contribution in [0.1, 0.15) is 41.4 Å². The minimum absolute atomic E-state index is 0.0759. The normalized spacial score (nSPS) is 11.5. The van der Waals surface area contributed by atoms with Crippen molar-refractivity contribution in [3.8, 4) is 0 Å². The zero-order valence-electron chi connectivity index (χ0n) is 12.7. The lowest BCUT2D eigenvalue weighted by atomic mass is 10.1. The highest BCUT2D eigenvalue weighted by atomic mass is 16.2. The lowest BCUT2D eigenvalue weighted by molar-refractivity contribution is -0.119. The summed E-state index contributed by atoms with van der Waals surface area (Å²) in [6.45, 7) is 3.87. The van der Waals surface area contributed by atoms with E-state index >= 15 is 0 Å². The number of carbonyl (C=O) groups is 2. The molecule has 0 aliphatic rings. The molecule has 2 rings (SSSR count). The van der Waals surface area contributed by atoms with E-state index in [2.05, 4.69) is 15.6 Å². The first-order chi connectivity index (χ1) is 10.6. The van der Waals surface area contributed by atoms with Crippen LogP contribution < -0.4 is 10.6 Å². The molecule has 0 spiro atoms. The van der Waals surface area contributed by atoms with Gasteiger partial charge in [0, 0.05) is 31.4 Å². The van der Waals surface area contributed by atoms with Crippen molar-refractivity contribution in [1.29, 1.82) is 0 Å². The molecule has 2 N–H and O–H groups in total. The number of amides is 2. The van der Waals surface area contributed by atoms with Gasteiger partial charge in [0.2, 0.25) is 5.91 Å². The summed E-state index contributed by atoms with van der Waals surface area (Å²) in [5.74, 6) is -0.205. The quantitative estimate of drug-likeness (QED) is 0.889. The second kappa shape index (κ2) is 7.36. The lowest BCUT2D eigenvalue weighted by Gasteiger charge is -2.14. The SMILES string of the molecule is CC(=O)NCc1ccc(C(=O)N[C@H](C)c2ccncc2)cc1. The average molecular weight is 297 g/mol. The summed E-state index contributed by atoms with van der Waals surface area (Å²) < 4.78 is 0. The molecule has 1 atom stereocenters. The van der Waals surface area contributed by atoms with Gasteiger partial charge in [0.25, 0.3) is 5.91 Å². The Kier molecular flexibility index (Phi) is 5.25. The third-order valence-electron chi connectivity index (χ3n) is 3.31. The Morgan fingerprint density at radius 1 is 1.09 bits per heavy atom. The molecule has 5 heteroatoms. The van der Waals surface area contributed by atoms with Crippen LogP contribution in [0.25, 0.3) is 0 Å². The highest BCUT2D eigenvalue weighted by Crippen LogP contribution is 2.12. The Morgan fingerprint density at radius 3 is 2.32 bits per heavy atom. The number of pyridine rings is 1. The van der Waals surface area contributed by atoms with Crippen LogP contribution in [0.3, 0.4) is 0 Å². The van der Waals surface area contributed by atoms with Crippen LogP contribution in [0.5, 0.6) is 0 Å². The van der Waals surface area contributed by atoms with Crippen LogP contribution in [0.15, 0.2) is 48.8 Å². The Morgan fingerprint density at radius 2 is 1.73 bits per heavy atom. The van der Waals surface area contributed by atoms with Crippen molar-refractivity contribution in [3.05, 3.63) is 65.5 Å². The zero-order chi connectivity index (χ0) is 15.9. The van der Waals surface area contributed by atoms with Crippen LogP contribution in [-0.4, -0.2) is 16.8 Å². The average Bonchev–Trinajstić information content (AvgIpc) is 2.54. The molecular weight excluding hydrogens is 278 g/mol. The minimum Gasteiger partial charge on any atom is -0.352 e. The van der Waals surface area contributed by atoms with Gasteiger partial charge in [-0.3, -0.25) is 14.6 Å². The van der Waals surface area contributed by atoms with E-state index in [9.17, 15) is 9.59 Å². The maximum absolute atomic E-state index is 12.2. The predicted octanol–water partition coefficient (Wildman–Crippen LogP) is 2.21. The highest BCUT2D eigenvalue weighted by molar-refractivity contribution is 5.94. The number of carbonyl (C=O) groups excluding carboxylic acids is 2. The molecule has 0 radical (unpaired) electrons. The second-order valence-electron chi connectivity index (χ2n) is 5.08. The highest BCUT2D eigenvalue weighted by Gasteiger charge is 2.11. The summed E-state index contributed by atoms with van der Waals surface area (Å²) in [4.78, 5) is 27.0. The Hall–Kier alpha value is -2.69. The fraction of sp³-hybridized carbons (Fsp3) is 0.235. The van der Waals surface area contributed by atoms with E-state index in [4.69, 9.17) is 0 Å². The van der Waals surface area contributed by atoms with Gasteiger partial charge in [-0.15, -0.1) is 0 Å². The third kappa shape index (κ3) is 4.41. The smallest absolute Gasteiger partial charge is 0.251 e. The van der Waals surface area contributed by atoms with Gasteiger partial charge < -0.3 is 10.6 Å². The summed E-state index contributed by atoms with van der Waals surface area (Å²) in [5.41, 5.74) is 2.55. The van der Waals surface area contributed by atoms with Gasteiger partial charge >= 0.3 is 0 Å². The van der Waals surface area contributed by atoms with Gasteiger partial charge in [0.15, 0.2) is 0 Å². The summed E-state index contributed by atoms with van der Waals surface area (Å²) in [6, 6.07) is 10.8. The number of benzene rings is 1. The fourth-order valence-electron chi connectivity index (χ4n) is 2.02. The minimum atomic E-state index is -0.129. The van der Waals surface area contributed by atoms with Crippen molar-refractivity contribution in [3.63, 3.8) is 0 Å². The molecule has 2 aromatic rings. The molecule has 0 unspecified atom stereocenters. The predicted molar refractivity (Wildman–Crippen MR) is 84.1 cm³/mol. The van der Waals surface area contributed by atoms with Crippen LogP contribution in [-0.2, 0) is 11.3 Å². The summed E-state index contributed by atoms with van der Waals surface area (Å²) in [6.07, 6.45) is 3.41. The van der Waals surface area contributed by atoms with Crippen molar-refractivity contribution in [1.82, 2.24) is 15.6 Å². The first-order valence-electron chi connectivity index (χ1n) is 7.10. The maximum Gasteiger partial charge on any atom is 0.251 e. The van der Waals surface area contributed by atoms with Gasteiger partial charge in [0.05, 0.1) is 6.04 Å². The van der Waals surface area contributed by atoms with Gasteiger partial charge in [-0.25, -0.2) is 0 Å². The van der Waals surface area contributed by atoms with E-state index < -0.39 is 0 Å². The summed E-state index contributed by atoms with van der Waals surface area (Å²) in [7, 11) is 0. The number of nitrogens with one attached hydrogen (secondary N) is 2. The number of rotatable bonds is 5. The molecular formula is C17H19N3O2. The summed E-state index contributed by atoms with van der Waals surface area (Å²) >= 11 is 0. The number of aromatic nitrogens is 1. The molecule has 1 aromatic heterocycles. The Bertz CT molecular complexity index is 639. The maximum atomic E-state index is 12.2. The van der Waals surface area contributed by atoms with Crippen molar-refractivity contribution in [2.24, 2.45) is 0 Å². The topological polar surface area (TPSA) is 71.1 Å². The standard InChI is InChI=1S/C17H19N3O2/c1-12(15-7-9-18-10-8-15)20-17(22)16-5-3-14(4-6-16)11-19-13(2)21/h3-10,12H,11H2,1-2H3,(H,19,21)(H,20,22)/t12-/m1/s1. The monoisotopic (exact) mass is 297 g/mol. The first kappa shape index (κ1) is 15.7. The summed E-state index contributed by atoms with van der Waals surface area (Å²) in [5, 5.41) is 5.66. The molecule has 0 aliphatic carbocycles. The van der Waals surface area contributed by atoms with E-state index in [-0.39, 0.29) is 17.9 Å². The number of hydrogen-bond donors (Lipinski definition) is 2. The van der Waals surface area contributed by atoms with Crippen LogP contribution in [0, 0.1) is 0 Å². The molecule has 0 bridgehead atoms. The molecule has 0 saturated heterocycles. The van der Waals surface area contributed by atoms with Gasteiger partial charge in [-0.05, 0) is 42.3 Å². The van der Waals surface area contributed by atoms with Crippen LogP contribution in [0.2, 0.25) is 0 Å². The lowest BCUT2D eigenvalue weighted by Crippen LogP contribution is -2.26. The Balaban J connectivity index is 1.96. The number of hydrogen-bond acceptors (Lipinski definition) is 3. The van der Waals surface area contributed by atoms with E-state index in [0.717, 1.165) is 11.1 Å². The molecule has 1 aromatic carbocycles. The van der Waals surface area contributed by atoms with E-state index in [1.807, 2.05) is 31.2 Å². The molecule has 5 nitrogen and oxygen atoms in total.